The molecule has 0 saturated heterocycles. The molecular formula is C20H21FN4O. The van der Waals surface area contributed by atoms with E-state index in [1.54, 1.807) is 6.07 Å². The van der Waals surface area contributed by atoms with E-state index in [9.17, 15) is 4.39 Å². The van der Waals surface area contributed by atoms with Crippen molar-refractivity contribution >= 4 is 17.5 Å². The van der Waals surface area contributed by atoms with E-state index in [1.807, 2.05) is 43.3 Å². The lowest BCUT2D eigenvalue weighted by atomic mass is 10.1. The van der Waals surface area contributed by atoms with Crippen LogP contribution in [0.3, 0.4) is 0 Å². The van der Waals surface area contributed by atoms with E-state index >= 15 is 0 Å². The van der Waals surface area contributed by atoms with Crippen LogP contribution in [0.25, 0.3) is 11.3 Å². The summed E-state index contributed by atoms with van der Waals surface area (Å²) in [6, 6.07) is 16.2. The first-order chi connectivity index (χ1) is 12.7. The summed E-state index contributed by atoms with van der Waals surface area (Å²) in [7, 11) is 0. The molecule has 3 aromatic rings. The van der Waals surface area contributed by atoms with Crippen molar-refractivity contribution in [3.8, 4) is 11.3 Å². The molecule has 2 aromatic carbocycles. The van der Waals surface area contributed by atoms with Crippen molar-refractivity contribution in [3.63, 3.8) is 0 Å². The molecule has 6 heteroatoms. The van der Waals surface area contributed by atoms with Crippen LogP contribution in [0.4, 0.5) is 21.8 Å². The van der Waals surface area contributed by atoms with Gasteiger partial charge in [-0.15, -0.1) is 0 Å². The highest BCUT2D eigenvalue weighted by atomic mass is 19.1. The van der Waals surface area contributed by atoms with Crippen molar-refractivity contribution in [3.05, 3.63) is 66.0 Å². The topological polar surface area (TPSA) is 70.1 Å². The zero-order valence-electron chi connectivity index (χ0n) is 14.5. The smallest absolute Gasteiger partial charge is 0.225 e. The van der Waals surface area contributed by atoms with Crippen LogP contribution < -0.4 is 10.6 Å². The average molecular weight is 352 g/mol. The van der Waals surface area contributed by atoms with Crippen molar-refractivity contribution < 1.29 is 9.50 Å². The van der Waals surface area contributed by atoms with Crippen LogP contribution in [0.1, 0.15) is 12.0 Å². The van der Waals surface area contributed by atoms with Gasteiger partial charge >= 0.3 is 0 Å². The number of aliphatic hydroxyl groups is 1. The van der Waals surface area contributed by atoms with E-state index in [0.29, 0.717) is 24.7 Å². The van der Waals surface area contributed by atoms with E-state index in [1.165, 1.54) is 12.1 Å². The van der Waals surface area contributed by atoms with E-state index in [0.717, 1.165) is 22.5 Å². The Labute approximate surface area is 152 Å². The molecule has 26 heavy (non-hydrogen) atoms. The second-order valence-corrected chi connectivity index (χ2v) is 5.92. The number of aromatic nitrogens is 2. The van der Waals surface area contributed by atoms with Crippen LogP contribution in [0.15, 0.2) is 54.6 Å². The van der Waals surface area contributed by atoms with Crippen molar-refractivity contribution in [2.45, 2.75) is 13.3 Å². The predicted molar refractivity (Wildman–Crippen MR) is 102 cm³/mol. The number of benzene rings is 2. The van der Waals surface area contributed by atoms with Gasteiger partial charge in [-0.1, -0.05) is 30.3 Å². The second kappa shape index (κ2) is 8.40. The number of hydrogen-bond acceptors (Lipinski definition) is 5. The molecule has 5 nitrogen and oxygen atoms in total. The van der Waals surface area contributed by atoms with E-state index in [4.69, 9.17) is 5.11 Å². The Kier molecular flexibility index (Phi) is 5.76. The molecule has 0 spiro atoms. The van der Waals surface area contributed by atoms with Crippen LogP contribution >= 0.6 is 0 Å². The molecule has 0 unspecified atom stereocenters. The summed E-state index contributed by atoms with van der Waals surface area (Å²) in [5, 5.41) is 15.3. The van der Waals surface area contributed by atoms with Crippen molar-refractivity contribution in [2.75, 3.05) is 23.8 Å². The van der Waals surface area contributed by atoms with Gasteiger partial charge in [0.15, 0.2) is 0 Å². The number of rotatable bonds is 7. The molecule has 0 fully saturated rings. The SMILES string of the molecule is Cc1cc(F)ccc1Nc1cc(-c2ccccc2)nc(NCCCO)n1. The van der Waals surface area contributed by atoms with Gasteiger partial charge < -0.3 is 15.7 Å². The highest BCUT2D eigenvalue weighted by Gasteiger charge is 2.08. The third-order valence-corrected chi connectivity index (χ3v) is 3.86. The standard InChI is InChI=1S/C20H21FN4O/c1-14-12-16(21)8-9-17(14)23-19-13-18(15-6-3-2-4-7-15)24-20(25-19)22-10-5-11-26/h2-4,6-9,12-13,26H,5,10-11H2,1H3,(H2,22,23,24,25). The maximum atomic E-state index is 13.3. The van der Waals surface area contributed by atoms with Crippen LogP contribution in [-0.2, 0) is 0 Å². The molecule has 0 saturated carbocycles. The quantitative estimate of drug-likeness (QED) is 0.558. The number of nitrogens with zero attached hydrogens (tertiary/aromatic N) is 2. The Hall–Kier alpha value is -2.99. The fraction of sp³-hybridized carbons (Fsp3) is 0.200. The van der Waals surface area contributed by atoms with Gasteiger partial charge in [-0.3, -0.25) is 0 Å². The highest BCUT2D eigenvalue weighted by Crippen LogP contribution is 2.25. The molecule has 3 N–H and O–H groups in total. The number of aryl methyl sites for hydroxylation is 1. The molecule has 0 aliphatic carbocycles. The molecule has 1 heterocycles. The van der Waals surface area contributed by atoms with Gasteiger partial charge in [-0.2, -0.15) is 4.98 Å². The minimum atomic E-state index is -0.271. The second-order valence-electron chi connectivity index (χ2n) is 5.92. The Bertz CT molecular complexity index is 871. The number of hydrogen-bond donors (Lipinski definition) is 3. The maximum Gasteiger partial charge on any atom is 0.225 e. The van der Waals surface area contributed by atoms with Gasteiger partial charge in [0.2, 0.25) is 5.95 Å². The fourth-order valence-corrected chi connectivity index (χ4v) is 2.53. The molecule has 3 rings (SSSR count). The normalized spacial score (nSPS) is 10.6. The number of anilines is 3. The molecule has 134 valence electrons. The monoisotopic (exact) mass is 352 g/mol. The number of aliphatic hydroxyl groups excluding tert-OH is 1. The summed E-state index contributed by atoms with van der Waals surface area (Å²) in [6.45, 7) is 2.51. The third-order valence-electron chi connectivity index (χ3n) is 3.86. The Morgan fingerprint density at radius 3 is 2.58 bits per heavy atom. The molecule has 0 radical (unpaired) electrons. The Morgan fingerprint density at radius 2 is 1.85 bits per heavy atom. The summed E-state index contributed by atoms with van der Waals surface area (Å²) in [6.07, 6.45) is 0.610. The number of halogens is 1. The molecule has 0 atom stereocenters. The molecule has 0 aliphatic heterocycles. The summed E-state index contributed by atoms with van der Waals surface area (Å²) in [5.74, 6) is 0.814. The average Bonchev–Trinajstić information content (AvgIpc) is 2.65. The summed E-state index contributed by atoms with van der Waals surface area (Å²) in [4.78, 5) is 9.03. The van der Waals surface area contributed by atoms with Crippen molar-refractivity contribution in [1.82, 2.24) is 9.97 Å². The Balaban J connectivity index is 1.93. The van der Waals surface area contributed by atoms with Crippen molar-refractivity contribution in [1.29, 1.82) is 0 Å². The van der Waals surface area contributed by atoms with Gasteiger partial charge in [-0.25, -0.2) is 9.37 Å². The molecule has 1 aromatic heterocycles. The number of nitrogens with one attached hydrogen (secondary N) is 2. The van der Waals surface area contributed by atoms with Crippen LogP contribution in [0, 0.1) is 12.7 Å². The first kappa shape index (κ1) is 17.8. The van der Waals surface area contributed by atoms with Gasteiger partial charge in [0.25, 0.3) is 0 Å². The lowest BCUT2D eigenvalue weighted by Gasteiger charge is -2.13. The molecular weight excluding hydrogens is 331 g/mol. The fourth-order valence-electron chi connectivity index (χ4n) is 2.53. The minimum absolute atomic E-state index is 0.102. The summed E-state index contributed by atoms with van der Waals surface area (Å²) < 4.78 is 13.3. The van der Waals surface area contributed by atoms with E-state index in [2.05, 4.69) is 20.6 Å². The van der Waals surface area contributed by atoms with Gasteiger partial charge in [-0.05, 0) is 37.1 Å². The largest absolute Gasteiger partial charge is 0.396 e. The van der Waals surface area contributed by atoms with Crippen LogP contribution in [-0.4, -0.2) is 28.2 Å². The first-order valence-electron chi connectivity index (χ1n) is 8.48. The maximum absolute atomic E-state index is 13.3. The van der Waals surface area contributed by atoms with Gasteiger partial charge in [0.05, 0.1) is 5.69 Å². The zero-order valence-corrected chi connectivity index (χ0v) is 14.5. The summed E-state index contributed by atoms with van der Waals surface area (Å²) in [5.41, 5.74) is 3.32. The van der Waals surface area contributed by atoms with Crippen LogP contribution in [0.2, 0.25) is 0 Å². The van der Waals surface area contributed by atoms with E-state index in [-0.39, 0.29) is 12.4 Å². The van der Waals surface area contributed by atoms with Gasteiger partial charge in [0.1, 0.15) is 11.6 Å². The molecule has 0 aliphatic rings. The summed E-state index contributed by atoms with van der Waals surface area (Å²) >= 11 is 0. The third kappa shape index (κ3) is 4.55. The van der Waals surface area contributed by atoms with Gasteiger partial charge in [0, 0.05) is 30.5 Å². The predicted octanol–water partition coefficient (Wildman–Crippen LogP) is 4.13. The van der Waals surface area contributed by atoms with Crippen molar-refractivity contribution in [2.24, 2.45) is 0 Å². The highest BCUT2D eigenvalue weighted by molar-refractivity contribution is 5.68. The van der Waals surface area contributed by atoms with E-state index < -0.39 is 0 Å². The zero-order chi connectivity index (χ0) is 18.4. The lowest BCUT2D eigenvalue weighted by Crippen LogP contribution is -2.09. The lowest BCUT2D eigenvalue weighted by molar-refractivity contribution is 0.292. The molecule has 0 amide bonds. The van der Waals surface area contributed by atoms with Crippen LogP contribution in [0.5, 0.6) is 0 Å². The Morgan fingerprint density at radius 1 is 1.04 bits per heavy atom. The molecule has 0 bridgehead atoms. The minimum Gasteiger partial charge on any atom is -0.396 e. The first-order valence-corrected chi connectivity index (χ1v) is 8.48.